The summed E-state index contributed by atoms with van der Waals surface area (Å²) in [7, 11) is 0. The number of aryl methyl sites for hydroxylation is 1. The van der Waals surface area contributed by atoms with E-state index in [1.54, 1.807) is 12.1 Å². The first-order chi connectivity index (χ1) is 6.72. The number of carbonyl (C=O) groups is 1. The van der Waals surface area contributed by atoms with Crippen molar-refractivity contribution in [2.75, 3.05) is 0 Å². The minimum Gasteiger partial charge on any atom is -0.365 e. The summed E-state index contributed by atoms with van der Waals surface area (Å²) in [5.74, 6) is -0.441. The molecule has 2 aromatic heterocycles. The average Bonchev–Trinajstić information content (AvgIpc) is 2.59. The van der Waals surface area contributed by atoms with Gasteiger partial charge >= 0.3 is 0 Å². The summed E-state index contributed by atoms with van der Waals surface area (Å²) in [6.45, 7) is 2.02. The molecule has 0 aliphatic heterocycles. The first kappa shape index (κ1) is 8.74. The topological polar surface area (TPSA) is 60.4 Å². The van der Waals surface area contributed by atoms with E-state index in [2.05, 4.69) is 4.98 Å². The van der Waals surface area contributed by atoms with Crippen molar-refractivity contribution in [2.45, 2.75) is 13.3 Å². The first-order valence-electron chi connectivity index (χ1n) is 4.48. The van der Waals surface area contributed by atoms with Gasteiger partial charge in [-0.2, -0.15) is 0 Å². The highest BCUT2D eigenvalue weighted by atomic mass is 16.1. The van der Waals surface area contributed by atoms with Gasteiger partial charge in [-0.25, -0.2) is 4.98 Å². The maximum absolute atomic E-state index is 11.1. The minimum atomic E-state index is -0.441. The molecular formula is C10H11N3O. The number of hydrogen-bond acceptors (Lipinski definition) is 2. The molecule has 0 saturated heterocycles. The zero-order chi connectivity index (χ0) is 10.1. The number of hydrogen-bond donors (Lipinski definition) is 1. The molecule has 0 radical (unpaired) electrons. The molecule has 0 spiro atoms. The predicted molar refractivity (Wildman–Crippen MR) is 53.1 cm³/mol. The van der Waals surface area contributed by atoms with Crippen molar-refractivity contribution >= 4 is 11.6 Å². The Labute approximate surface area is 81.4 Å². The van der Waals surface area contributed by atoms with Gasteiger partial charge in [0.1, 0.15) is 5.65 Å². The third-order valence-electron chi connectivity index (χ3n) is 2.16. The van der Waals surface area contributed by atoms with Crippen LogP contribution < -0.4 is 5.73 Å². The van der Waals surface area contributed by atoms with Crippen LogP contribution in [0.15, 0.2) is 24.5 Å². The van der Waals surface area contributed by atoms with E-state index in [4.69, 9.17) is 5.73 Å². The lowest BCUT2D eigenvalue weighted by Crippen LogP contribution is -2.12. The molecule has 0 aromatic carbocycles. The monoisotopic (exact) mass is 189 g/mol. The van der Waals surface area contributed by atoms with Crippen LogP contribution in [-0.4, -0.2) is 15.3 Å². The fourth-order valence-electron chi connectivity index (χ4n) is 1.43. The van der Waals surface area contributed by atoms with Crippen LogP contribution in [0.5, 0.6) is 0 Å². The zero-order valence-electron chi connectivity index (χ0n) is 7.90. The minimum absolute atomic E-state index is 0.441. The summed E-state index contributed by atoms with van der Waals surface area (Å²) in [5.41, 5.74) is 7.30. The molecule has 2 heterocycles. The Morgan fingerprint density at radius 3 is 3.07 bits per heavy atom. The van der Waals surface area contributed by atoms with Crippen molar-refractivity contribution < 1.29 is 4.79 Å². The third kappa shape index (κ3) is 1.25. The summed E-state index contributed by atoms with van der Waals surface area (Å²) < 4.78 is 1.82. The Kier molecular flexibility index (Phi) is 1.96. The lowest BCUT2D eigenvalue weighted by Gasteiger charge is -1.97. The molecule has 72 valence electrons. The Balaban J connectivity index is 2.73. The summed E-state index contributed by atoms with van der Waals surface area (Å²) in [6.07, 6.45) is 4.61. The molecule has 0 bridgehead atoms. The van der Waals surface area contributed by atoms with Gasteiger partial charge in [0, 0.05) is 12.4 Å². The third-order valence-corrected chi connectivity index (χ3v) is 2.16. The summed E-state index contributed by atoms with van der Waals surface area (Å²) in [4.78, 5) is 15.4. The quantitative estimate of drug-likeness (QED) is 0.766. The standard InChI is InChI=1S/C10H11N3O/c1-2-7-6-13-5-3-4-8(9(11)14)10(13)12-7/h3-6H,2H2,1H3,(H2,11,14). The number of primary amides is 1. The Morgan fingerprint density at radius 1 is 1.64 bits per heavy atom. The van der Waals surface area contributed by atoms with Gasteiger partial charge in [0.25, 0.3) is 5.91 Å². The molecule has 0 aliphatic rings. The normalized spacial score (nSPS) is 10.6. The number of fused-ring (bicyclic) bond motifs is 1. The number of aromatic nitrogens is 2. The number of rotatable bonds is 2. The highest BCUT2D eigenvalue weighted by molar-refractivity contribution is 5.98. The van der Waals surface area contributed by atoms with Gasteiger partial charge in [-0.05, 0) is 18.6 Å². The molecule has 0 fully saturated rings. The van der Waals surface area contributed by atoms with E-state index in [0.717, 1.165) is 12.1 Å². The summed E-state index contributed by atoms with van der Waals surface area (Å²) in [6, 6.07) is 3.47. The van der Waals surface area contributed by atoms with Gasteiger partial charge in [-0.1, -0.05) is 6.92 Å². The van der Waals surface area contributed by atoms with Gasteiger partial charge in [-0.15, -0.1) is 0 Å². The molecule has 14 heavy (non-hydrogen) atoms. The van der Waals surface area contributed by atoms with E-state index in [9.17, 15) is 4.79 Å². The molecule has 1 amide bonds. The SMILES string of the molecule is CCc1cn2cccc(C(N)=O)c2n1. The summed E-state index contributed by atoms with van der Waals surface area (Å²) >= 11 is 0. The van der Waals surface area contributed by atoms with Crippen LogP contribution >= 0.6 is 0 Å². The molecular weight excluding hydrogens is 178 g/mol. The van der Waals surface area contributed by atoms with Crippen LogP contribution in [0.3, 0.4) is 0 Å². The molecule has 2 rings (SSSR count). The Hall–Kier alpha value is -1.84. The van der Waals surface area contributed by atoms with Gasteiger partial charge in [0.2, 0.25) is 0 Å². The van der Waals surface area contributed by atoms with Gasteiger partial charge in [0.15, 0.2) is 0 Å². The first-order valence-corrected chi connectivity index (χ1v) is 4.48. The number of amides is 1. The predicted octanol–water partition coefficient (Wildman–Crippen LogP) is 0.996. The van der Waals surface area contributed by atoms with E-state index in [1.165, 1.54) is 0 Å². The Morgan fingerprint density at radius 2 is 2.43 bits per heavy atom. The number of imidazole rings is 1. The zero-order valence-corrected chi connectivity index (χ0v) is 7.90. The van der Waals surface area contributed by atoms with Crippen molar-refractivity contribution in [3.8, 4) is 0 Å². The second-order valence-corrected chi connectivity index (χ2v) is 3.10. The fraction of sp³-hybridized carbons (Fsp3) is 0.200. The molecule has 0 aliphatic carbocycles. The van der Waals surface area contributed by atoms with Crippen LogP contribution in [0.2, 0.25) is 0 Å². The summed E-state index contributed by atoms with van der Waals surface area (Å²) in [5, 5.41) is 0. The van der Waals surface area contributed by atoms with Crippen molar-refractivity contribution in [2.24, 2.45) is 5.73 Å². The number of carbonyl (C=O) groups excluding carboxylic acids is 1. The van der Waals surface area contributed by atoms with Gasteiger partial charge in [-0.3, -0.25) is 4.79 Å². The smallest absolute Gasteiger partial charge is 0.252 e. The van der Waals surface area contributed by atoms with Crippen LogP contribution in [-0.2, 0) is 6.42 Å². The van der Waals surface area contributed by atoms with Crippen molar-refractivity contribution in [1.82, 2.24) is 9.38 Å². The molecule has 2 N–H and O–H groups in total. The number of nitrogens with zero attached hydrogens (tertiary/aromatic N) is 2. The highest BCUT2D eigenvalue weighted by Crippen LogP contribution is 2.10. The van der Waals surface area contributed by atoms with E-state index in [0.29, 0.717) is 11.2 Å². The highest BCUT2D eigenvalue weighted by Gasteiger charge is 2.08. The molecule has 4 nitrogen and oxygen atoms in total. The van der Waals surface area contributed by atoms with Crippen molar-refractivity contribution in [1.29, 1.82) is 0 Å². The van der Waals surface area contributed by atoms with E-state index >= 15 is 0 Å². The number of nitrogens with two attached hydrogens (primary N) is 1. The van der Waals surface area contributed by atoms with Crippen LogP contribution in [0, 0.1) is 0 Å². The molecule has 0 saturated carbocycles. The largest absolute Gasteiger partial charge is 0.365 e. The second-order valence-electron chi connectivity index (χ2n) is 3.10. The van der Waals surface area contributed by atoms with E-state index in [-0.39, 0.29) is 0 Å². The number of pyridine rings is 1. The van der Waals surface area contributed by atoms with Crippen LogP contribution in [0.1, 0.15) is 23.0 Å². The maximum atomic E-state index is 11.1. The van der Waals surface area contributed by atoms with Crippen molar-refractivity contribution in [3.63, 3.8) is 0 Å². The molecule has 0 unspecified atom stereocenters. The van der Waals surface area contributed by atoms with Gasteiger partial charge in [0.05, 0.1) is 11.3 Å². The fourth-order valence-corrected chi connectivity index (χ4v) is 1.43. The van der Waals surface area contributed by atoms with E-state index in [1.807, 2.05) is 23.7 Å². The molecule has 2 aromatic rings. The lowest BCUT2D eigenvalue weighted by atomic mass is 10.2. The Bertz CT molecular complexity index is 487. The lowest BCUT2D eigenvalue weighted by molar-refractivity contribution is 0.100. The van der Waals surface area contributed by atoms with Crippen LogP contribution in [0.4, 0.5) is 0 Å². The van der Waals surface area contributed by atoms with Crippen molar-refractivity contribution in [3.05, 3.63) is 35.8 Å². The van der Waals surface area contributed by atoms with Gasteiger partial charge < -0.3 is 10.1 Å². The maximum Gasteiger partial charge on any atom is 0.252 e. The second kappa shape index (κ2) is 3.14. The molecule has 4 heteroatoms. The van der Waals surface area contributed by atoms with Crippen LogP contribution in [0.25, 0.3) is 5.65 Å². The van der Waals surface area contributed by atoms with E-state index < -0.39 is 5.91 Å². The molecule has 0 atom stereocenters. The average molecular weight is 189 g/mol.